The molecule has 2 aromatic carbocycles. The van der Waals surface area contributed by atoms with Gasteiger partial charge in [-0.2, -0.15) is 0 Å². The molecule has 1 atom stereocenters. The van der Waals surface area contributed by atoms with E-state index in [0.29, 0.717) is 36.7 Å². The monoisotopic (exact) mass is 394 g/mol. The molecule has 2 aromatic rings. The van der Waals surface area contributed by atoms with Crippen LogP contribution in [0.3, 0.4) is 0 Å². The number of nitrogens with zero attached hydrogens (tertiary/aromatic N) is 1. The highest BCUT2D eigenvalue weighted by atomic mass is 35.5. The van der Waals surface area contributed by atoms with E-state index in [1.165, 1.54) is 0 Å². The van der Waals surface area contributed by atoms with Crippen LogP contribution in [0.25, 0.3) is 0 Å². The summed E-state index contributed by atoms with van der Waals surface area (Å²) < 4.78 is 25.0. The highest BCUT2D eigenvalue weighted by Gasteiger charge is 2.26. The van der Waals surface area contributed by atoms with Gasteiger partial charge in [0.1, 0.15) is 0 Å². The van der Waals surface area contributed by atoms with Gasteiger partial charge in [0.15, 0.2) is 9.84 Å². The lowest BCUT2D eigenvalue weighted by molar-refractivity contribution is 0.0787. The SMILES string of the molecule is Cl.NCC1CCN(C(=O)c2cccc(CS(=O)(=O)c3ccccc3)c2)C1. The Morgan fingerprint density at radius 1 is 1.12 bits per heavy atom. The number of rotatable bonds is 5. The van der Waals surface area contributed by atoms with E-state index in [9.17, 15) is 13.2 Å². The number of likely N-dealkylation sites (tertiary alicyclic amines) is 1. The first kappa shape index (κ1) is 20.4. The fourth-order valence-electron chi connectivity index (χ4n) is 3.12. The second-order valence-corrected chi connectivity index (χ2v) is 8.40. The summed E-state index contributed by atoms with van der Waals surface area (Å²) in [4.78, 5) is 14.7. The van der Waals surface area contributed by atoms with E-state index in [4.69, 9.17) is 5.73 Å². The van der Waals surface area contributed by atoms with Gasteiger partial charge in [-0.15, -0.1) is 12.4 Å². The number of benzene rings is 2. The fourth-order valence-corrected chi connectivity index (χ4v) is 4.47. The van der Waals surface area contributed by atoms with E-state index in [0.717, 1.165) is 6.42 Å². The maximum atomic E-state index is 12.6. The average molecular weight is 395 g/mol. The molecule has 0 saturated carbocycles. The molecular formula is C19H23ClN2O3S. The molecule has 1 unspecified atom stereocenters. The van der Waals surface area contributed by atoms with Crippen LogP contribution in [0.4, 0.5) is 0 Å². The molecule has 0 radical (unpaired) electrons. The summed E-state index contributed by atoms with van der Waals surface area (Å²) in [5.74, 6) is 0.171. The molecule has 0 spiro atoms. The van der Waals surface area contributed by atoms with Gasteiger partial charge in [-0.1, -0.05) is 30.3 Å². The number of nitrogens with two attached hydrogens (primary N) is 1. The molecule has 1 aliphatic heterocycles. The number of carbonyl (C=O) groups is 1. The molecule has 140 valence electrons. The van der Waals surface area contributed by atoms with Crippen molar-refractivity contribution in [2.45, 2.75) is 17.1 Å². The van der Waals surface area contributed by atoms with Crippen molar-refractivity contribution in [3.05, 3.63) is 65.7 Å². The van der Waals surface area contributed by atoms with Crippen LogP contribution in [0.15, 0.2) is 59.5 Å². The minimum atomic E-state index is -3.43. The second kappa shape index (κ2) is 8.66. The maximum Gasteiger partial charge on any atom is 0.253 e. The standard InChI is InChI=1S/C19H22N2O3S.ClH/c20-12-16-9-10-21(13-16)19(22)17-6-4-5-15(11-17)14-25(23,24)18-7-2-1-3-8-18;/h1-8,11,16H,9-10,12-14,20H2;1H. The Morgan fingerprint density at radius 3 is 2.50 bits per heavy atom. The molecule has 0 aliphatic carbocycles. The van der Waals surface area contributed by atoms with E-state index in [1.807, 2.05) is 0 Å². The Hall–Kier alpha value is -1.89. The molecule has 1 fully saturated rings. The van der Waals surface area contributed by atoms with E-state index in [-0.39, 0.29) is 29.0 Å². The molecule has 1 amide bonds. The van der Waals surface area contributed by atoms with Crippen molar-refractivity contribution >= 4 is 28.2 Å². The highest BCUT2D eigenvalue weighted by Crippen LogP contribution is 2.20. The quantitative estimate of drug-likeness (QED) is 0.844. The minimum absolute atomic E-state index is 0. The Bertz CT molecular complexity index is 856. The summed E-state index contributed by atoms with van der Waals surface area (Å²) in [7, 11) is -3.43. The Labute approximate surface area is 160 Å². The first-order chi connectivity index (χ1) is 12.0. The number of amides is 1. The van der Waals surface area contributed by atoms with Crippen molar-refractivity contribution < 1.29 is 13.2 Å². The van der Waals surface area contributed by atoms with Crippen molar-refractivity contribution in [3.8, 4) is 0 Å². The van der Waals surface area contributed by atoms with Gasteiger partial charge in [0.05, 0.1) is 10.6 Å². The minimum Gasteiger partial charge on any atom is -0.338 e. The molecule has 3 rings (SSSR count). The normalized spacial score (nSPS) is 17.0. The summed E-state index contributed by atoms with van der Waals surface area (Å²) >= 11 is 0. The zero-order valence-electron chi connectivity index (χ0n) is 14.4. The molecule has 2 N–H and O–H groups in total. The lowest BCUT2D eigenvalue weighted by Gasteiger charge is -2.17. The fraction of sp³-hybridized carbons (Fsp3) is 0.316. The molecule has 1 saturated heterocycles. The van der Waals surface area contributed by atoms with Gasteiger partial charge in [-0.3, -0.25) is 4.79 Å². The largest absolute Gasteiger partial charge is 0.338 e. The lowest BCUT2D eigenvalue weighted by Crippen LogP contribution is -2.29. The van der Waals surface area contributed by atoms with Gasteiger partial charge in [0.25, 0.3) is 5.91 Å². The van der Waals surface area contributed by atoms with Crippen LogP contribution in [-0.2, 0) is 15.6 Å². The third-order valence-corrected chi connectivity index (χ3v) is 6.24. The van der Waals surface area contributed by atoms with Gasteiger partial charge in [-0.05, 0) is 48.7 Å². The number of halogens is 1. The third kappa shape index (κ3) is 4.63. The molecule has 1 aliphatic rings. The van der Waals surface area contributed by atoms with Crippen LogP contribution in [0.5, 0.6) is 0 Å². The Kier molecular flexibility index (Phi) is 6.81. The summed E-state index contributed by atoms with van der Waals surface area (Å²) in [6.07, 6.45) is 0.921. The van der Waals surface area contributed by atoms with Gasteiger partial charge in [0.2, 0.25) is 0 Å². The van der Waals surface area contributed by atoms with Crippen molar-refractivity contribution in [2.75, 3.05) is 19.6 Å². The predicted molar refractivity (Wildman–Crippen MR) is 104 cm³/mol. The lowest BCUT2D eigenvalue weighted by atomic mass is 10.1. The second-order valence-electron chi connectivity index (χ2n) is 6.41. The van der Waals surface area contributed by atoms with Crippen LogP contribution < -0.4 is 5.73 Å². The van der Waals surface area contributed by atoms with Crippen LogP contribution >= 0.6 is 12.4 Å². The van der Waals surface area contributed by atoms with Gasteiger partial charge >= 0.3 is 0 Å². The molecular weight excluding hydrogens is 372 g/mol. The average Bonchev–Trinajstić information content (AvgIpc) is 3.11. The Balaban J connectivity index is 0.00000243. The summed E-state index contributed by atoms with van der Waals surface area (Å²) in [5.41, 5.74) is 6.82. The Morgan fingerprint density at radius 2 is 1.85 bits per heavy atom. The van der Waals surface area contributed by atoms with Crippen molar-refractivity contribution in [1.82, 2.24) is 4.90 Å². The molecule has 5 nitrogen and oxygen atoms in total. The zero-order chi connectivity index (χ0) is 17.9. The summed E-state index contributed by atoms with van der Waals surface area (Å²) in [6.45, 7) is 1.95. The van der Waals surface area contributed by atoms with E-state index in [2.05, 4.69) is 0 Å². The zero-order valence-corrected chi connectivity index (χ0v) is 16.0. The number of hydrogen-bond donors (Lipinski definition) is 1. The smallest absolute Gasteiger partial charge is 0.253 e. The summed E-state index contributed by atoms with van der Waals surface area (Å²) in [5, 5.41) is 0. The molecule has 0 bridgehead atoms. The first-order valence-electron chi connectivity index (χ1n) is 8.35. The van der Waals surface area contributed by atoms with Crippen molar-refractivity contribution in [2.24, 2.45) is 11.7 Å². The van der Waals surface area contributed by atoms with E-state index in [1.54, 1.807) is 59.5 Å². The third-order valence-electron chi connectivity index (χ3n) is 4.54. The van der Waals surface area contributed by atoms with Gasteiger partial charge in [0, 0.05) is 18.7 Å². The van der Waals surface area contributed by atoms with Gasteiger partial charge < -0.3 is 10.6 Å². The van der Waals surface area contributed by atoms with Gasteiger partial charge in [-0.25, -0.2) is 8.42 Å². The molecule has 0 aromatic heterocycles. The van der Waals surface area contributed by atoms with Crippen LogP contribution in [-0.4, -0.2) is 38.9 Å². The summed E-state index contributed by atoms with van der Waals surface area (Å²) in [6, 6.07) is 15.2. The number of carbonyl (C=O) groups excluding carboxylic acids is 1. The van der Waals surface area contributed by atoms with Crippen LogP contribution in [0.1, 0.15) is 22.3 Å². The van der Waals surface area contributed by atoms with Crippen molar-refractivity contribution in [1.29, 1.82) is 0 Å². The highest BCUT2D eigenvalue weighted by molar-refractivity contribution is 7.90. The van der Waals surface area contributed by atoms with Crippen molar-refractivity contribution in [3.63, 3.8) is 0 Å². The van der Waals surface area contributed by atoms with Crippen LogP contribution in [0, 0.1) is 5.92 Å². The topological polar surface area (TPSA) is 80.5 Å². The van der Waals surface area contributed by atoms with E-state index < -0.39 is 9.84 Å². The van der Waals surface area contributed by atoms with E-state index >= 15 is 0 Å². The maximum absolute atomic E-state index is 12.6. The number of sulfone groups is 1. The predicted octanol–water partition coefficient (Wildman–Crippen LogP) is 2.50. The first-order valence-corrected chi connectivity index (χ1v) is 10.0. The molecule has 1 heterocycles. The number of hydrogen-bond acceptors (Lipinski definition) is 4. The molecule has 7 heteroatoms. The molecule has 26 heavy (non-hydrogen) atoms. The van der Waals surface area contributed by atoms with Crippen LogP contribution in [0.2, 0.25) is 0 Å².